The summed E-state index contributed by atoms with van der Waals surface area (Å²) in [7, 11) is 0. The first-order valence-corrected chi connectivity index (χ1v) is 5.61. The van der Waals surface area contributed by atoms with E-state index >= 15 is 0 Å². The van der Waals surface area contributed by atoms with Crippen molar-refractivity contribution >= 4 is 0 Å². The summed E-state index contributed by atoms with van der Waals surface area (Å²) in [5.74, 6) is 0.425. The van der Waals surface area contributed by atoms with Crippen LogP contribution < -0.4 is 0 Å². The van der Waals surface area contributed by atoms with Crippen molar-refractivity contribution in [3.05, 3.63) is 28.3 Å². The molecule has 82 valence electrons. The van der Waals surface area contributed by atoms with Crippen molar-refractivity contribution in [2.45, 2.75) is 45.6 Å². The standard InChI is InChI=1S/C13H18O2/c1-8-6-10(7-9(2)14)13(15)12-5-3-4-11(8)12/h6,9,14-15H,3-5,7H2,1-2H3. The molecule has 1 aromatic carbocycles. The summed E-state index contributed by atoms with van der Waals surface area (Å²) in [6.07, 6.45) is 3.36. The highest BCUT2D eigenvalue weighted by atomic mass is 16.3. The van der Waals surface area contributed by atoms with Crippen molar-refractivity contribution in [1.82, 2.24) is 0 Å². The number of fused-ring (bicyclic) bond motifs is 1. The number of aliphatic hydroxyl groups is 1. The van der Waals surface area contributed by atoms with Crippen LogP contribution in [-0.2, 0) is 19.3 Å². The maximum Gasteiger partial charge on any atom is 0.122 e. The van der Waals surface area contributed by atoms with Crippen molar-refractivity contribution in [3.63, 3.8) is 0 Å². The van der Waals surface area contributed by atoms with Crippen LogP contribution in [0, 0.1) is 6.92 Å². The maximum absolute atomic E-state index is 10.1. The lowest BCUT2D eigenvalue weighted by Gasteiger charge is -2.13. The molecule has 15 heavy (non-hydrogen) atoms. The van der Waals surface area contributed by atoms with Gasteiger partial charge in [0.25, 0.3) is 0 Å². The Morgan fingerprint density at radius 1 is 1.33 bits per heavy atom. The van der Waals surface area contributed by atoms with Gasteiger partial charge in [0.05, 0.1) is 6.10 Å². The van der Waals surface area contributed by atoms with E-state index in [0.717, 1.165) is 30.4 Å². The molecule has 0 aromatic heterocycles. The molecule has 1 atom stereocenters. The molecule has 1 aliphatic rings. The third-order valence-corrected chi connectivity index (χ3v) is 3.19. The molecule has 0 radical (unpaired) electrons. The fourth-order valence-electron chi connectivity index (χ4n) is 2.52. The summed E-state index contributed by atoms with van der Waals surface area (Å²) in [6.45, 7) is 3.84. The van der Waals surface area contributed by atoms with Gasteiger partial charge in [-0.2, -0.15) is 0 Å². The molecule has 0 saturated heterocycles. The van der Waals surface area contributed by atoms with Gasteiger partial charge in [0.2, 0.25) is 0 Å². The number of phenols is 1. The van der Waals surface area contributed by atoms with E-state index in [1.54, 1.807) is 6.92 Å². The van der Waals surface area contributed by atoms with Gasteiger partial charge in [-0.25, -0.2) is 0 Å². The Morgan fingerprint density at radius 2 is 2.00 bits per heavy atom. The molecule has 1 aromatic rings. The van der Waals surface area contributed by atoms with E-state index in [0.29, 0.717) is 12.2 Å². The molecule has 0 heterocycles. The summed E-state index contributed by atoms with van der Waals surface area (Å²) in [4.78, 5) is 0. The number of aliphatic hydroxyl groups excluding tert-OH is 1. The molecule has 2 heteroatoms. The lowest BCUT2D eigenvalue weighted by atomic mass is 9.96. The number of rotatable bonds is 2. The number of aryl methyl sites for hydroxylation is 1. The minimum atomic E-state index is -0.394. The van der Waals surface area contributed by atoms with Gasteiger partial charge in [0.1, 0.15) is 5.75 Å². The zero-order valence-corrected chi connectivity index (χ0v) is 9.38. The van der Waals surface area contributed by atoms with Crippen molar-refractivity contribution < 1.29 is 10.2 Å². The Balaban J connectivity index is 2.45. The summed E-state index contributed by atoms with van der Waals surface area (Å²) >= 11 is 0. The van der Waals surface area contributed by atoms with E-state index in [4.69, 9.17) is 0 Å². The topological polar surface area (TPSA) is 40.5 Å². The van der Waals surface area contributed by atoms with E-state index in [1.807, 2.05) is 6.07 Å². The monoisotopic (exact) mass is 206 g/mol. The van der Waals surface area contributed by atoms with Gasteiger partial charge in [-0.15, -0.1) is 0 Å². The smallest absolute Gasteiger partial charge is 0.122 e. The number of aromatic hydroxyl groups is 1. The molecule has 0 fully saturated rings. The zero-order valence-electron chi connectivity index (χ0n) is 9.38. The molecule has 2 N–H and O–H groups in total. The highest BCUT2D eigenvalue weighted by Crippen LogP contribution is 2.35. The molecule has 1 unspecified atom stereocenters. The van der Waals surface area contributed by atoms with Crippen LogP contribution in [0.3, 0.4) is 0 Å². The van der Waals surface area contributed by atoms with Crippen molar-refractivity contribution in [2.24, 2.45) is 0 Å². The molecule has 2 rings (SSSR count). The fraction of sp³-hybridized carbons (Fsp3) is 0.538. The average Bonchev–Trinajstić information content (AvgIpc) is 2.61. The number of phenolic OH excluding ortho intramolecular Hbond substituents is 1. The second-order valence-electron chi connectivity index (χ2n) is 4.57. The lowest BCUT2D eigenvalue weighted by molar-refractivity contribution is 0.194. The van der Waals surface area contributed by atoms with Crippen LogP contribution >= 0.6 is 0 Å². The first-order chi connectivity index (χ1) is 7.09. The van der Waals surface area contributed by atoms with Gasteiger partial charge < -0.3 is 10.2 Å². The van der Waals surface area contributed by atoms with Crippen LogP contribution in [-0.4, -0.2) is 16.3 Å². The summed E-state index contributed by atoms with van der Waals surface area (Å²) in [5.41, 5.74) is 4.59. The van der Waals surface area contributed by atoms with Gasteiger partial charge in [-0.05, 0) is 55.4 Å². The first-order valence-electron chi connectivity index (χ1n) is 5.61. The second kappa shape index (κ2) is 3.86. The molecule has 0 bridgehead atoms. The Labute approximate surface area is 90.6 Å². The van der Waals surface area contributed by atoms with Crippen LogP contribution in [0.15, 0.2) is 6.07 Å². The fourth-order valence-corrected chi connectivity index (χ4v) is 2.52. The minimum Gasteiger partial charge on any atom is -0.507 e. The van der Waals surface area contributed by atoms with E-state index in [-0.39, 0.29) is 0 Å². The van der Waals surface area contributed by atoms with Crippen LogP contribution in [0.4, 0.5) is 0 Å². The predicted molar refractivity (Wildman–Crippen MR) is 60.3 cm³/mol. The molecule has 2 nitrogen and oxygen atoms in total. The number of hydrogen-bond acceptors (Lipinski definition) is 2. The summed E-state index contributed by atoms with van der Waals surface area (Å²) in [5, 5.41) is 19.4. The first kappa shape index (κ1) is 10.5. The zero-order chi connectivity index (χ0) is 11.0. The Hall–Kier alpha value is -1.02. The minimum absolute atomic E-state index is 0.394. The average molecular weight is 206 g/mol. The van der Waals surface area contributed by atoms with Crippen molar-refractivity contribution in [2.75, 3.05) is 0 Å². The summed E-state index contributed by atoms with van der Waals surface area (Å²) < 4.78 is 0. The van der Waals surface area contributed by atoms with Crippen molar-refractivity contribution in [1.29, 1.82) is 0 Å². The van der Waals surface area contributed by atoms with Gasteiger partial charge in [-0.3, -0.25) is 0 Å². The largest absolute Gasteiger partial charge is 0.507 e. The molecule has 0 aliphatic heterocycles. The normalized spacial score (nSPS) is 16.5. The lowest BCUT2D eigenvalue weighted by Crippen LogP contribution is -2.06. The van der Waals surface area contributed by atoms with Gasteiger partial charge in [0, 0.05) is 6.42 Å². The Kier molecular flexibility index (Phi) is 2.70. The molecule has 0 amide bonds. The SMILES string of the molecule is Cc1cc(CC(C)O)c(O)c2c1CCC2. The summed E-state index contributed by atoms with van der Waals surface area (Å²) in [6, 6.07) is 2.02. The third kappa shape index (κ3) is 1.86. The van der Waals surface area contributed by atoms with E-state index in [2.05, 4.69) is 6.92 Å². The number of hydrogen-bond donors (Lipinski definition) is 2. The highest BCUT2D eigenvalue weighted by molar-refractivity contribution is 5.51. The van der Waals surface area contributed by atoms with Gasteiger partial charge >= 0.3 is 0 Å². The molecular formula is C13H18O2. The van der Waals surface area contributed by atoms with E-state index in [1.165, 1.54) is 11.1 Å². The molecular weight excluding hydrogens is 188 g/mol. The van der Waals surface area contributed by atoms with Gasteiger partial charge in [0.15, 0.2) is 0 Å². The van der Waals surface area contributed by atoms with Crippen LogP contribution in [0.25, 0.3) is 0 Å². The van der Waals surface area contributed by atoms with Crippen LogP contribution in [0.2, 0.25) is 0 Å². The molecule has 0 spiro atoms. The van der Waals surface area contributed by atoms with Crippen LogP contribution in [0.1, 0.15) is 35.6 Å². The maximum atomic E-state index is 10.1. The molecule has 1 aliphatic carbocycles. The second-order valence-corrected chi connectivity index (χ2v) is 4.57. The molecule has 0 saturated carbocycles. The van der Waals surface area contributed by atoms with Crippen molar-refractivity contribution in [3.8, 4) is 5.75 Å². The van der Waals surface area contributed by atoms with E-state index in [9.17, 15) is 10.2 Å². The van der Waals surface area contributed by atoms with Crippen LogP contribution in [0.5, 0.6) is 5.75 Å². The quantitative estimate of drug-likeness (QED) is 0.778. The Bertz CT molecular complexity index is 381. The third-order valence-electron chi connectivity index (χ3n) is 3.19. The predicted octanol–water partition coefficient (Wildman–Crippen LogP) is 2.11. The highest BCUT2D eigenvalue weighted by Gasteiger charge is 2.20. The van der Waals surface area contributed by atoms with Gasteiger partial charge in [-0.1, -0.05) is 6.07 Å². The Morgan fingerprint density at radius 3 is 2.67 bits per heavy atom. The number of benzene rings is 1. The van der Waals surface area contributed by atoms with E-state index < -0.39 is 6.10 Å².